The van der Waals surface area contributed by atoms with Crippen molar-refractivity contribution in [2.45, 2.75) is 26.2 Å². The van der Waals surface area contributed by atoms with Gasteiger partial charge in [-0.2, -0.15) is 0 Å². The van der Waals surface area contributed by atoms with Crippen LogP contribution in [0.25, 0.3) is 5.57 Å². The molecule has 0 amide bonds. The Morgan fingerprint density at radius 3 is 2.00 bits per heavy atom. The molecule has 2 rings (SSSR count). The molecular weight excluding hydrogens is 244 g/mol. The summed E-state index contributed by atoms with van der Waals surface area (Å²) in [4.78, 5) is 12.7. The highest BCUT2D eigenvalue weighted by atomic mass is 16.1. The zero-order chi connectivity index (χ0) is 14.2. The third-order valence-corrected chi connectivity index (χ3v) is 3.27. The van der Waals surface area contributed by atoms with Crippen LogP contribution < -0.4 is 0 Å². The van der Waals surface area contributed by atoms with Crippen LogP contribution in [0.4, 0.5) is 0 Å². The summed E-state index contributed by atoms with van der Waals surface area (Å²) in [6, 6.07) is 19.4. The molecule has 0 aliphatic carbocycles. The van der Waals surface area contributed by atoms with Gasteiger partial charge in [-0.1, -0.05) is 86.5 Å². The Balaban J connectivity index is 2.32. The highest BCUT2D eigenvalue weighted by Gasteiger charge is 2.13. The number of carbonyl (C=O) groups excluding carboxylic acids is 1. The molecule has 0 saturated carbocycles. The molecular formula is C19H20O. The average molecular weight is 264 g/mol. The van der Waals surface area contributed by atoms with E-state index in [1.54, 1.807) is 0 Å². The van der Waals surface area contributed by atoms with Crippen molar-refractivity contribution in [3.63, 3.8) is 0 Å². The molecule has 0 atom stereocenters. The fourth-order valence-corrected chi connectivity index (χ4v) is 2.15. The van der Waals surface area contributed by atoms with E-state index in [2.05, 4.69) is 13.0 Å². The van der Waals surface area contributed by atoms with Gasteiger partial charge < -0.3 is 0 Å². The van der Waals surface area contributed by atoms with Crippen molar-refractivity contribution in [2.24, 2.45) is 0 Å². The molecule has 0 fully saturated rings. The molecule has 2 aromatic rings. The maximum Gasteiger partial charge on any atom is 0.193 e. The van der Waals surface area contributed by atoms with Crippen LogP contribution in [0.15, 0.2) is 66.7 Å². The van der Waals surface area contributed by atoms with E-state index < -0.39 is 0 Å². The van der Waals surface area contributed by atoms with Gasteiger partial charge in [-0.05, 0) is 12.0 Å². The lowest BCUT2D eigenvalue weighted by Crippen LogP contribution is -2.02. The Morgan fingerprint density at radius 2 is 1.45 bits per heavy atom. The first kappa shape index (κ1) is 14.3. The van der Waals surface area contributed by atoms with Crippen molar-refractivity contribution in [2.75, 3.05) is 0 Å². The number of hydrogen-bond donors (Lipinski definition) is 0. The van der Waals surface area contributed by atoms with Crippen LogP contribution in [0, 0.1) is 0 Å². The summed E-state index contributed by atoms with van der Waals surface area (Å²) in [6.45, 7) is 2.16. The van der Waals surface area contributed by atoms with Gasteiger partial charge >= 0.3 is 0 Å². The van der Waals surface area contributed by atoms with Crippen LogP contribution in [0.1, 0.15) is 42.1 Å². The minimum atomic E-state index is 0.105. The fraction of sp³-hybridized carbons (Fsp3) is 0.211. The van der Waals surface area contributed by atoms with E-state index in [9.17, 15) is 4.79 Å². The van der Waals surface area contributed by atoms with Crippen LogP contribution >= 0.6 is 0 Å². The minimum absolute atomic E-state index is 0.105. The topological polar surface area (TPSA) is 17.1 Å². The Bertz CT molecular complexity index is 567. The molecule has 0 saturated heterocycles. The molecule has 0 bridgehead atoms. The number of Topliss-reactive ketones (excluding diaryl/α,β-unsaturated/α-hetero) is 1. The van der Waals surface area contributed by atoms with Crippen LogP contribution in [-0.2, 0) is 0 Å². The second-order valence-corrected chi connectivity index (χ2v) is 4.82. The molecule has 0 aliphatic heterocycles. The molecule has 1 nitrogen and oxygen atoms in total. The summed E-state index contributed by atoms with van der Waals surface area (Å²) in [5, 5.41) is 0. The minimum Gasteiger partial charge on any atom is -0.289 e. The Kier molecular flexibility index (Phi) is 5.31. The maximum atomic E-state index is 12.7. The normalized spacial score (nSPS) is 11.3. The SMILES string of the molecule is CCCCC=C(C(=O)c1ccccc1)c1ccccc1. The summed E-state index contributed by atoms with van der Waals surface area (Å²) in [7, 11) is 0. The Hall–Kier alpha value is -2.15. The summed E-state index contributed by atoms with van der Waals surface area (Å²) >= 11 is 0. The molecule has 2 aromatic carbocycles. The lowest BCUT2D eigenvalue weighted by atomic mass is 9.95. The molecule has 0 radical (unpaired) electrons. The zero-order valence-corrected chi connectivity index (χ0v) is 11.9. The zero-order valence-electron chi connectivity index (χ0n) is 11.9. The molecule has 102 valence electrons. The molecule has 0 heterocycles. The predicted molar refractivity (Wildman–Crippen MR) is 84.7 cm³/mol. The van der Waals surface area contributed by atoms with E-state index in [0.29, 0.717) is 0 Å². The highest BCUT2D eigenvalue weighted by Crippen LogP contribution is 2.21. The number of allylic oxidation sites excluding steroid dienone is 2. The van der Waals surface area contributed by atoms with Gasteiger partial charge in [-0.25, -0.2) is 0 Å². The number of carbonyl (C=O) groups is 1. The van der Waals surface area contributed by atoms with E-state index in [-0.39, 0.29) is 5.78 Å². The molecule has 0 unspecified atom stereocenters. The first-order chi connectivity index (χ1) is 9.83. The van der Waals surface area contributed by atoms with E-state index in [1.165, 1.54) is 0 Å². The van der Waals surface area contributed by atoms with Crippen LogP contribution in [0.2, 0.25) is 0 Å². The first-order valence-corrected chi connectivity index (χ1v) is 7.18. The van der Waals surface area contributed by atoms with Crippen LogP contribution in [0.5, 0.6) is 0 Å². The summed E-state index contributed by atoms with van der Waals surface area (Å²) < 4.78 is 0. The second kappa shape index (κ2) is 7.44. The Morgan fingerprint density at radius 1 is 0.900 bits per heavy atom. The van der Waals surface area contributed by atoms with Gasteiger partial charge in [0.1, 0.15) is 0 Å². The van der Waals surface area contributed by atoms with Gasteiger partial charge in [0.05, 0.1) is 0 Å². The number of hydrogen-bond acceptors (Lipinski definition) is 1. The molecule has 0 aromatic heterocycles. The van der Waals surface area contributed by atoms with E-state index in [0.717, 1.165) is 36.0 Å². The second-order valence-electron chi connectivity index (χ2n) is 4.82. The first-order valence-electron chi connectivity index (χ1n) is 7.18. The van der Waals surface area contributed by atoms with Gasteiger partial charge in [0.15, 0.2) is 5.78 Å². The monoisotopic (exact) mass is 264 g/mol. The molecule has 0 spiro atoms. The smallest absolute Gasteiger partial charge is 0.193 e. The molecule has 0 aliphatic rings. The molecule has 0 N–H and O–H groups in total. The van der Waals surface area contributed by atoms with Crippen molar-refractivity contribution >= 4 is 11.4 Å². The maximum absolute atomic E-state index is 12.7. The molecule has 20 heavy (non-hydrogen) atoms. The fourth-order valence-electron chi connectivity index (χ4n) is 2.15. The quantitative estimate of drug-likeness (QED) is 0.401. The summed E-state index contributed by atoms with van der Waals surface area (Å²) in [5.41, 5.74) is 2.56. The highest BCUT2D eigenvalue weighted by molar-refractivity contribution is 6.28. The van der Waals surface area contributed by atoms with E-state index in [1.807, 2.05) is 60.7 Å². The van der Waals surface area contributed by atoms with Gasteiger partial charge in [0.2, 0.25) is 0 Å². The van der Waals surface area contributed by atoms with Crippen molar-refractivity contribution in [1.29, 1.82) is 0 Å². The Labute approximate surface area is 121 Å². The number of benzene rings is 2. The van der Waals surface area contributed by atoms with Crippen molar-refractivity contribution in [3.05, 3.63) is 77.9 Å². The van der Waals surface area contributed by atoms with Crippen molar-refractivity contribution < 1.29 is 4.79 Å². The van der Waals surface area contributed by atoms with Crippen LogP contribution in [-0.4, -0.2) is 5.78 Å². The number of unbranched alkanes of at least 4 members (excludes halogenated alkanes) is 2. The third kappa shape index (κ3) is 3.67. The van der Waals surface area contributed by atoms with Gasteiger partial charge in [-0.15, -0.1) is 0 Å². The van der Waals surface area contributed by atoms with E-state index in [4.69, 9.17) is 0 Å². The predicted octanol–water partition coefficient (Wildman–Crippen LogP) is 5.14. The van der Waals surface area contributed by atoms with E-state index >= 15 is 0 Å². The number of ketones is 1. The average Bonchev–Trinajstić information content (AvgIpc) is 2.53. The van der Waals surface area contributed by atoms with Gasteiger partial charge in [-0.3, -0.25) is 4.79 Å². The summed E-state index contributed by atoms with van der Waals surface area (Å²) in [6.07, 6.45) is 5.27. The van der Waals surface area contributed by atoms with Crippen molar-refractivity contribution in [3.8, 4) is 0 Å². The lowest BCUT2D eigenvalue weighted by Gasteiger charge is -2.07. The third-order valence-electron chi connectivity index (χ3n) is 3.27. The van der Waals surface area contributed by atoms with Gasteiger partial charge in [0, 0.05) is 11.1 Å². The standard InChI is InChI=1S/C19H20O/c1-2-3-6-15-18(16-11-7-4-8-12-16)19(20)17-13-9-5-10-14-17/h4-5,7-15H,2-3,6H2,1H3. The van der Waals surface area contributed by atoms with Crippen molar-refractivity contribution in [1.82, 2.24) is 0 Å². The van der Waals surface area contributed by atoms with Crippen LogP contribution in [0.3, 0.4) is 0 Å². The summed E-state index contributed by atoms with van der Waals surface area (Å²) in [5.74, 6) is 0.105. The van der Waals surface area contributed by atoms with Gasteiger partial charge in [0.25, 0.3) is 0 Å². The lowest BCUT2D eigenvalue weighted by molar-refractivity contribution is 0.105. The number of rotatable bonds is 6. The molecule has 1 heteroatoms. The largest absolute Gasteiger partial charge is 0.289 e.